The first-order valence-corrected chi connectivity index (χ1v) is 7.97. The first-order valence-electron chi connectivity index (χ1n) is 6.38. The molecule has 0 spiro atoms. The summed E-state index contributed by atoms with van der Waals surface area (Å²) < 4.78 is 2.23. The van der Waals surface area contributed by atoms with Crippen LogP contribution in [0.25, 0.3) is 0 Å². The van der Waals surface area contributed by atoms with Crippen molar-refractivity contribution in [3.63, 3.8) is 0 Å². The summed E-state index contributed by atoms with van der Waals surface area (Å²) in [6.07, 6.45) is 1.05. The maximum atomic E-state index is 3.62. The molecule has 100 valence electrons. The van der Waals surface area contributed by atoms with Crippen LogP contribution in [0.4, 0.5) is 5.69 Å². The second-order valence-corrected chi connectivity index (χ2v) is 6.45. The van der Waals surface area contributed by atoms with Crippen LogP contribution in [0.2, 0.25) is 0 Å². The molecule has 0 fully saturated rings. The minimum absolute atomic E-state index is 0.341. The fourth-order valence-corrected chi connectivity index (χ4v) is 2.83. The molecule has 0 bridgehead atoms. The number of aryl methyl sites for hydroxylation is 1. The predicted molar refractivity (Wildman–Crippen MR) is 89.7 cm³/mol. The minimum atomic E-state index is 0.341. The van der Waals surface area contributed by atoms with Gasteiger partial charge in [-0.2, -0.15) is 0 Å². The Morgan fingerprint density at radius 2 is 1.63 bits per heavy atom. The molecule has 0 saturated heterocycles. The second-order valence-electron chi connectivity index (χ2n) is 4.62. The van der Waals surface area contributed by atoms with Gasteiger partial charge in [0.15, 0.2) is 0 Å². The van der Waals surface area contributed by atoms with Crippen molar-refractivity contribution in [2.45, 2.75) is 26.3 Å². The highest BCUT2D eigenvalue weighted by Gasteiger charge is 2.10. The largest absolute Gasteiger partial charge is 0.378 e. The summed E-state index contributed by atoms with van der Waals surface area (Å²) in [7, 11) is 0. The van der Waals surface area contributed by atoms with Crippen LogP contribution in [-0.4, -0.2) is 0 Å². The van der Waals surface area contributed by atoms with Crippen LogP contribution in [0.3, 0.4) is 0 Å². The van der Waals surface area contributed by atoms with Crippen molar-refractivity contribution in [1.82, 2.24) is 0 Å². The maximum Gasteiger partial charge on any atom is 0.0511 e. The molecule has 2 aromatic carbocycles. The third-order valence-corrected chi connectivity index (χ3v) is 4.22. The van der Waals surface area contributed by atoms with Gasteiger partial charge in [0.2, 0.25) is 0 Å². The standard InChI is InChI=1S/C16H17Br2N/c1-3-15(12-4-6-13(17)7-5-12)19-16-9-8-14(18)10-11(16)2/h4-10,15,19H,3H2,1-2H3. The molecule has 0 aliphatic heterocycles. The van der Waals surface area contributed by atoms with E-state index >= 15 is 0 Å². The summed E-state index contributed by atoms with van der Waals surface area (Å²) in [6.45, 7) is 4.33. The number of hydrogen-bond acceptors (Lipinski definition) is 1. The van der Waals surface area contributed by atoms with Gasteiger partial charge in [-0.15, -0.1) is 0 Å². The molecule has 0 radical (unpaired) electrons. The number of rotatable bonds is 4. The zero-order chi connectivity index (χ0) is 13.8. The Morgan fingerprint density at radius 1 is 1.00 bits per heavy atom. The van der Waals surface area contributed by atoms with Gasteiger partial charge in [0.25, 0.3) is 0 Å². The van der Waals surface area contributed by atoms with Gasteiger partial charge in [-0.3, -0.25) is 0 Å². The van der Waals surface area contributed by atoms with E-state index in [0.717, 1.165) is 15.4 Å². The van der Waals surface area contributed by atoms with Gasteiger partial charge in [0.05, 0.1) is 6.04 Å². The molecule has 0 heterocycles. The number of hydrogen-bond donors (Lipinski definition) is 1. The first-order chi connectivity index (χ1) is 9.10. The lowest BCUT2D eigenvalue weighted by atomic mass is 10.0. The average molecular weight is 383 g/mol. The van der Waals surface area contributed by atoms with Crippen LogP contribution in [0, 0.1) is 6.92 Å². The van der Waals surface area contributed by atoms with Gasteiger partial charge in [0, 0.05) is 14.6 Å². The number of benzene rings is 2. The van der Waals surface area contributed by atoms with Crippen LogP contribution in [0.5, 0.6) is 0 Å². The Hall–Kier alpha value is -0.800. The Labute approximate surface area is 131 Å². The molecule has 1 nitrogen and oxygen atoms in total. The van der Waals surface area contributed by atoms with Crippen molar-refractivity contribution in [3.8, 4) is 0 Å². The monoisotopic (exact) mass is 381 g/mol. The van der Waals surface area contributed by atoms with Crippen molar-refractivity contribution in [3.05, 3.63) is 62.5 Å². The molecule has 0 saturated carbocycles. The molecule has 1 unspecified atom stereocenters. The average Bonchev–Trinajstić information content (AvgIpc) is 2.39. The quantitative estimate of drug-likeness (QED) is 0.675. The minimum Gasteiger partial charge on any atom is -0.378 e. The topological polar surface area (TPSA) is 12.0 Å². The van der Waals surface area contributed by atoms with E-state index in [4.69, 9.17) is 0 Å². The molecule has 0 aliphatic rings. The van der Waals surface area contributed by atoms with E-state index in [1.165, 1.54) is 16.8 Å². The van der Waals surface area contributed by atoms with Gasteiger partial charge in [-0.1, -0.05) is 50.9 Å². The van der Waals surface area contributed by atoms with Crippen LogP contribution in [-0.2, 0) is 0 Å². The molecular formula is C16H17Br2N. The number of halogens is 2. The molecule has 0 aliphatic carbocycles. The van der Waals surface area contributed by atoms with Crippen molar-refractivity contribution in [1.29, 1.82) is 0 Å². The van der Waals surface area contributed by atoms with Gasteiger partial charge in [-0.25, -0.2) is 0 Å². The van der Waals surface area contributed by atoms with E-state index in [-0.39, 0.29) is 0 Å². The van der Waals surface area contributed by atoms with Crippen LogP contribution in [0.1, 0.15) is 30.5 Å². The molecule has 1 N–H and O–H groups in total. The van der Waals surface area contributed by atoms with Crippen LogP contribution in [0.15, 0.2) is 51.4 Å². The van der Waals surface area contributed by atoms with Gasteiger partial charge < -0.3 is 5.32 Å². The van der Waals surface area contributed by atoms with E-state index in [1.807, 2.05) is 0 Å². The van der Waals surface area contributed by atoms with Crippen molar-refractivity contribution < 1.29 is 0 Å². The Kier molecular flexibility index (Phi) is 5.06. The van der Waals surface area contributed by atoms with Crippen LogP contribution < -0.4 is 5.32 Å². The summed E-state index contributed by atoms with van der Waals surface area (Å²) in [4.78, 5) is 0. The molecule has 2 rings (SSSR count). The van der Waals surface area contributed by atoms with Gasteiger partial charge in [-0.05, 0) is 54.8 Å². The highest BCUT2D eigenvalue weighted by atomic mass is 79.9. The van der Waals surface area contributed by atoms with Crippen LogP contribution >= 0.6 is 31.9 Å². The summed E-state index contributed by atoms with van der Waals surface area (Å²) in [6, 6.07) is 15.2. The number of anilines is 1. The maximum absolute atomic E-state index is 3.62. The molecule has 19 heavy (non-hydrogen) atoms. The van der Waals surface area contributed by atoms with Gasteiger partial charge in [0.1, 0.15) is 0 Å². The Bertz CT molecular complexity index is 549. The predicted octanol–water partition coefficient (Wildman–Crippen LogP) is 6.08. The lowest BCUT2D eigenvalue weighted by molar-refractivity contribution is 0.748. The first kappa shape index (κ1) is 14.6. The van der Waals surface area contributed by atoms with E-state index in [0.29, 0.717) is 6.04 Å². The number of nitrogens with one attached hydrogen (secondary N) is 1. The Balaban J connectivity index is 2.21. The lowest BCUT2D eigenvalue weighted by Gasteiger charge is -2.20. The van der Waals surface area contributed by atoms with E-state index in [9.17, 15) is 0 Å². The fourth-order valence-electron chi connectivity index (χ4n) is 2.09. The molecule has 3 heteroatoms. The summed E-state index contributed by atoms with van der Waals surface area (Å²) in [5, 5.41) is 3.62. The molecule has 1 atom stereocenters. The third kappa shape index (κ3) is 3.83. The third-order valence-electron chi connectivity index (χ3n) is 3.20. The normalized spacial score (nSPS) is 12.2. The smallest absolute Gasteiger partial charge is 0.0511 e. The van der Waals surface area contributed by atoms with Crippen molar-refractivity contribution in [2.24, 2.45) is 0 Å². The Morgan fingerprint density at radius 3 is 2.21 bits per heavy atom. The van der Waals surface area contributed by atoms with E-state index in [1.54, 1.807) is 0 Å². The zero-order valence-corrected chi connectivity index (χ0v) is 14.3. The van der Waals surface area contributed by atoms with E-state index < -0.39 is 0 Å². The molecule has 0 amide bonds. The zero-order valence-electron chi connectivity index (χ0n) is 11.1. The summed E-state index contributed by atoms with van der Waals surface area (Å²) in [5.74, 6) is 0. The fraction of sp³-hybridized carbons (Fsp3) is 0.250. The molecule has 0 aromatic heterocycles. The molecule has 2 aromatic rings. The highest BCUT2D eigenvalue weighted by Crippen LogP contribution is 2.27. The van der Waals surface area contributed by atoms with Gasteiger partial charge >= 0.3 is 0 Å². The van der Waals surface area contributed by atoms with Crippen molar-refractivity contribution in [2.75, 3.05) is 5.32 Å². The highest BCUT2D eigenvalue weighted by molar-refractivity contribution is 9.10. The summed E-state index contributed by atoms with van der Waals surface area (Å²) in [5.41, 5.74) is 3.76. The van der Waals surface area contributed by atoms with Crippen molar-refractivity contribution >= 4 is 37.5 Å². The summed E-state index contributed by atoms with van der Waals surface area (Å²) >= 11 is 6.98. The SMILES string of the molecule is CCC(Nc1ccc(Br)cc1C)c1ccc(Br)cc1. The second kappa shape index (κ2) is 6.58. The van der Waals surface area contributed by atoms with E-state index in [2.05, 4.69) is 93.5 Å². The lowest BCUT2D eigenvalue weighted by Crippen LogP contribution is -2.10. The molecular weight excluding hydrogens is 366 g/mol.